The van der Waals surface area contributed by atoms with Crippen molar-refractivity contribution in [2.24, 2.45) is 16.7 Å². The number of esters is 4. The normalized spacial score (nSPS) is 29.3. The average Bonchev–Trinajstić information content (AvgIpc) is 3.34. The first-order chi connectivity index (χ1) is 34.1. The van der Waals surface area contributed by atoms with Crippen LogP contribution in [0.2, 0.25) is 0 Å². The molecule has 0 unspecified atom stereocenters. The monoisotopic (exact) mass is 1020 g/mol. The number of amides is 1. The van der Waals surface area contributed by atoms with E-state index >= 15 is 4.79 Å². The van der Waals surface area contributed by atoms with Crippen LogP contribution in [0.1, 0.15) is 107 Å². The lowest BCUT2D eigenvalue weighted by Crippen LogP contribution is -2.82. The molecule has 19 heteroatoms. The molecule has 72 heavy (non-hydrogen) atoms. The molecule has 3 fully saturated rings. The Morgan fingerprint density at radius 1 is 0.792 bits per heavy atom. The highest BCUT2D eigenvalue weighted by atomic mass is 28.4. The second-order valence-corrected chi connectivity index (χ2v) is 21.3. The number of carbonyl (C=O) groups excluding carboxylic acids is 6. The topological polar surface area (TPSA) is 238 Å². The summed E-state index contributed by atoms with van der Waals surface area (Å²) in [6.07, 6.45) is -10.5. The maximum Gasteiger partial charge on any atom is 0.679 e. The molecule has 2 saturated carbocycles. The zero-order chi connectivity index (χ0) is 52.4. The van der Waals surface area contributed by atoms with Gasteiger partial charge in [-0.2, -0.15) is 0 Å². The van der Waals surface area contributed by atoms with Crippen LogP contribution in [0.3, 0.4) is 0 Å². The Kier molecular flexibility index (Phi) is 16.1. The lowest BCUT2D eigenvalue weighted by atomic mass is 9.44. The van der Waals surface area contributed by atoms with Gasteiger partial charge in [-0.15, -0.1) is 0 Å². The van der Waals surface area contributed by atoms with Crippen molar-refractivity contribution in [2.45, 2.75) is 129 Å². The largest absolute Gasteiger partial charge is 0.679 e. The van der Waals surface area contributed by atoms with Gasteiger partial charge in [-0.1, -0.05) is 80.6 Å². The van der Waals surface area contributed by atoms with Crippen molar-refractivity contribution in [3.8, 4) is 0 Å². The Bertz CT molecular complexity index is 2510. The van der Waals surface area contributed by atoms with Crippen LogP contribution in [0.15, 0.2) is 102 Å². The quantitative estimate of drug-likeness (QED) is 0.0634. The van der Waals surface area contributed by atoms with Gasteiger partial charge in [-0.25, -0.2) is 9.59 Å². The molecule has 2 bridgehead atoms. The van der Waals surface area contributed by atoms with Crippen LogP contribution in [-0.4, -0.2) is 129 Å². The second-order valence-electron chi connectivity index (χ2n) is 19.2. The van der Waals surface area contributed by atoms with Gasteiger partial charge >= 0.3 is 32.9 Å². The van der Waals surface area contributed by atoms with E-state index in [-0.39, 0.29) is 55.1 Å². The van der Waals surface area contributed by atoms with Crippen LogP contribution in [0.4, 0.5) is 0 Å². The molecule has 1 aliphatic heterocycles. The number of nitrogens with one attached hydrogen (secondary N) is 1. The van der Waals surface area contributed by atoms with Gasteiger partial charge < -0.3 is 56.9 Å². The van der Waals surface area contributed by atoms with Crippen LogP contribution >= 0.6 is 0 Å². The fourth-order valence-electron chi connectivity index (χ4n) is 11.3. The minimum absolute atomic E-state index is 0.00336. The molecular formula is C53H65NO17Si. The first-order valence-corrected chi connectivity index (χ1v) is 25.9. The summed E-state index contributed by atoms with van der Waals surface area (Å²) in [4.78, 5) is 86.2. The lowest BCUT2D eigenvalue weighted by molar-refractivity contribution is -0.347. The highest BCUT2D eigenvalue weighted by Crippen LogP contribution is 2.65. The number of benzene rings is 3. The molecule has 0 spiro atoms. The Morgan fingerprint density at radius 3 is 1.86 bits per heavy atom. The van der Waals surface area contributed by atoms with Crippen LogP contribution in [0, 0.1) is 16.7 Å². The molecule has 3 aromatic carbocycles. The van der Waals surface area contributed by atoms with Gasteiger partial charge in [0.05, 0.1) is 35.6 Å². The van der Waals surface area contributed by atoms with Crippen molar-refractivity contribution in [3.63, 3.8) is 0 Å². The smallest absolute Gasteiger partial charge is 0.456 e. The van der Waals surface area contributed by atoms with Crippen LogP contribution in [-0.2, 0) is 60.6 Å². The van der Waals surface area contributed by atoms with Gasteiger partial charge in [0.15, 0.2) is 23.6 Å². The highest BCUT2D eigenvalue weighted by molar-refractivity contribution is 6.53. The fraction of sp³-hybridized carbons (Fsp3) is 0.509. The van der Waals surface area contributed by atoms with Crippen molar-refractivity contribution >= 4 is 44.6 Å². The third-order valence-corrected chi connectivity index (χ3v) is 17.2. The number of Topliss-reactive ketones (excluding diaryl/α,β-unsaturated/α-hetero) is 1. The van der Waals surface area contributed by atoms with E-state index in [0.717, 1.165) is 6.92 Å². The fourth-order valence-corrected chi connectivity index (χ4v) is 13.5. The number of hydrogen-bond acceptors (Lipinski definition) is 17. The van der Waals surface area contributed by atoms with E-state index in [1.165, 1.54) is 26.0 Å². The molecule has 3 aromatic rings. The molecule has 1 amide bonds. The molecule has 3 aliphatic carbocycles. The molecule has 7 rings (SSSR count). The number of hydrogen-bond donors (Lipinski definition) is 3. The van der Waals surface area contributed by atoms with Crippen molar-refractivity contribution in [2.75, 3.05) is 26.4 Å². The minimum Gasteiger partial charge on any atom is -0.456 e. The molecule has 4 aliphatic rings. The van der Waals surface area contributed by atoms with E-state index in [4.69, 9.17) is 41.4 Å². The molecule has 3 N–H and O–H groups in total. The summed E-state index contributed by atoms with van der Waals surface area (Å²) in [5.74, 6) is -6.87. The molecule has 0 aromatic heterocycles. The Labute approximate surface area is 420 Å². The van der Waals surface area contributed by atoms with Crippen molar-refractivity contribution < 1.29 is 80.4 Å². The third kappa shape index (κ3) is 9.80. The molecule has 1 saturated heterocycles. The van der Waals surface area contributed by atoms with Gasteiger partial charge in [0.25, 0.3) is 5.91 Å². The van der Waals surface area contributed by atoms with E-state index in [2.05, 4.69) is 5.32 Å². The molecule has 18 nitrogen and oxygen atoms in total. The number of rotatable bonds is 18. The number of carbonyl (C=O) groups is 6. The Morgan fingerprint density at radius 2 is 1.35 bits per heavy atom. The first kappa shape index (κ1) is 54.1. The highest BCUT2D eigenvalue weighted by Gasteiger charge is 2.79. The number of aliphatic hydroxyl groups is 2. The zero-order valence-electron chi connectivity index (χ0n) is 42.0. The molecule has 11 atom stereocenters. The standard InChI is InChI=1S/C53H65NO17Si/c1-10-64-72(65-11-2,66-12-3)71-38-28-39-52(30-63-39,70-33(6)56)44-46(69-48(60)36-26-20-15-21-27-36)53(62)29-37(31(4)40(50(53,7)8)43(67-32(5)55)45(58)51(38,44)9)68-49(61)42(57)41(34-22-16-13-17-23-34)54-47(59)35-24-18-14-19-25-35/h13-27,37-39,41-44,46,57,62H,10-12,28-30H2,1-9H3,(H,54,59)/t37-,38-,39+,41-,42+,43+,44-,46-,51+,52-,53+/m0/s1. The number of ether oxygens (including phenoxy) is 5. The number of fused-ring (bicyclic) bond motifs is 5. The van der Waals surface area contributed by atoms with Crippen molar-refractivity contribution in [1.29, 1.82) is 0 Å². The number of aliphatic hydroxyl groups excluding tert-OH is 1. The molecule has 388 valence electrons. The predicted molar refractivity (Wildman–Crippen MR) is 257 cm³/mol. The van der Waals surface area contributed by atoms with Gasteiger partial charge in [0.1, 0.15) is 23.9 Å². The summed E-state index contributed by atoms with van der Waals surface area (Å²) < 4.78 is 56.8. The van der Waals surface area contributed by atoms with Gasteiger partial charge in [-0.3, -0.25) is 19.2 Å². The molecule has 1 heterocycles. The summed E-state index contributed by atoms with van der Waals surface area (Å²) >= 11 is 0. The van der Waals surface area contributed by atoms with E-state index < -0.39 is 122 Å². The average molecular weight is 1020 g/mol. The number of ketones is 1. The maximum absolute atomic E-state index is 16.4. The summed E-state index contributed by atoms with van der Waals surface area (Å²) in [6.45, 7) is 13.5. The zero-order valence-corrected chi connectivity index (χ0v) is 43.0. The van der Waals surface area contributed by atoms with E-state index in [1.807, 2.05) is 0 Å². The van der Waals surface area contributed by atoms with Gasteiger partial charge in [0, 0.05) is 57.5 Å². The second kappa shape index (κ2) is 21.4. The summed E-state index contributed by atoms with van der Waals surface area (Å²) in [7, 11) is -4.22. The van der Waals surface area contributed by atoms with E-state index in [1.54, 1.807) is 120 Å². The minimum atomic E-state index is -4.22. The summed E-state index contributed by atoms with van der Waals surface area (Å²) in [5, 5.41) is 28.9. The Balaban J connectivity index is 1.45. The van der Waals surface area contributed by atoms with Crippen LogP contribution in [0.5, 0.6) is 0 Å². The molecular weight excluding hydrogens is 951 g/mol. The third-order valence-electron chi connectivity index (χ3n) is 14.7. The summed E-state index contributed by atoms with van der Waals surface area (Å²) in [5.41, 5.74) is -7.24. The predicted octanol–water partition coefficient (Wildman–Crippen LogP) is 5.31. The first-order valence-electron chi connectivity index (χ1n) is 24.3. The lowest BCUT2D eigenvalue weighted by Gasteiger charge is -2.68. The van der Waals surface area contributed by atoms with Gasteiger partial charge in [0.2, 0.25) is 0 Å². The van der Waals surface area contributed by atoms with Crippen molar-refractivity contribution in [3.05, 3.63) is 119 Å². The summed E-state index contributed by atoms with van der Waals surface area (Å²) in [6, 6.07) is 23.0. The van der Waals surface area contributed by atoms with Crippen molar-refractivity contribution in [1.82, 2.24) is 5.32 Å². The van der Waals surface area contributed by atoms with Gasteiger partial charge in [-0.05, 0) is 75.6 Å². The van der Waals surface area contributed by atoms with E-state index in [0.29, 0.717) is 5.56 Å². The SMILES string of the molecule is CCO[Si](OCC)(OCC)O[C@H]1C[C@H]2OC[C@@]2(OC(C)=O)[C@H]2[C@H](OC(=O)c3ccccc3)[C@]3(O)C[C@H](OC(=O)[C@H](O)[C@@H](NC(=O)c4ccccc4)c4ccccc4)C(C)=C([C@@H](OC(C)=O)C(=O)[C@]12C)C3(C)C. The van der Waals surface area contributed by atoms with Crippen LogP contribution in [0.25, 0.3) is 0 Å². The maximum atomic E-state index is 16.4. The molecule has 0 radical (unpaired) electrons. The van der Waals surface area contributed by atoms with Crippen LogP contribution < -0.4 is 5.32 Å². The van der Waals surface area contributed by atoms with E-state index in [9.17, 15) is 34.2 Å². The Hall–Kier alpha value is -5.64.